The van der Waals surface area contributed by atoms with Gasteiger partial charge in [0.05, 0.1) is 10.8 Å². The molecule has 0 radical (unpaired) electrons. The summed E-state index contributed by atoms with van der Waals surface area (Å²) in [6.07, 6.45) is 8.44. The van der Waals surface area contributed by atoms with Gasteiger partial charge in [0.15, 0.2) is 0 Å². The molecule has 31 heavy (non-hydrogen) atoms. The van der Waals surface area contributed by atoms with Gasteiger partial charge in [0, 0.05) is 44.8 Å². The number of benzene rings is 1. The molecule has 0 spiro atoms. The van der Waals surface area contributed by atoms with E-state index in [1.54, 1.807) is 29.2 Å². The van der Waals surface area contributed by atoms with E-state index in [0.717, 1.165) is 44.2 Å². The van der Waals surface area contributed by atoms with E-state index in [0.29, 0.717) is 25.9 Å². The normalized spacial score (nSPS) is 23.8. The first-order valence-corrected chi connectivity index (χ1v) is 13.0. The van der Waals surface area contributed by atoms with E-state index in [4.69, 9.17) is 0 Å². The molecular weight excluding hydrogens is 414 g/mol. The first-order valence-electron chi connectivity index (χ1n) is 11.5. The molecule has 1 saturated carbocycles. The van der Waals surface area contributed by atoms with Gasteiger partial charge in [0.25, 0.3) is 0 Å². The van der Waals surface area contributed by atoms with Crippen LogP contribution < -0.4 is 4.90 Å². The number of carbonyl (C=O) groups is 2. The molecule has 2 amide bonds. The maximum Gasteiger partial charge on any atom is 0.243 e. The van der Waals surface area contributed by atoms with E-state index in [1.807, 2.05) is 11.9 Å². The average molecular weight is 448 g/mol. The lowest BCUT2D eigenvalue weighted by atomic mass is 9.92. The van der Waals surface area contributed by atoms with Gasteiger partial charge in [0.2, 0.25) is 21.8 Å². The molecule has 8 heteroatoms. The Balaban J connectivity index is 1.44. The van der Waals surface area contributed by atoms with E-state index in [-0.39, 0.29) is 35.2 Å². The number of hydrogen-bond donors (Lipinski definition) is 0. The maximum absolute atomic E-state index is 13.2. The average Bonchev–Trinajstić information content (AvgIpc) is 3.24. The Bertz CT molecular complexity index is 909. The van der Waals surface area contributed by atoms with Crippen LogP contribution in [0.3, 0.4) is 0 Å². The number of sulfonamides is 1. The molecular formula is C23H33N3O4S. The van der Waals surface area contributed by atoms with E-state index < -0.39 is 10.0 Å². The lowest BCUT2D eigenvalue weighted by molar-refractivity contribution is -0.138. The van der Waals surface area contributed by atoms with Crippen LogP contribution in [-0.4, -0.2) is 62.2 Å². The largest absolute Gasteiger partial charge is 0.342 e. The summed E-state index contributed by atoms with van der Waals surface area (Å²) in [5.74, 6) is -0.123. The number of nitrogens with zero attached hydrogens (tertiary/aromatic N) is 3. The van der Waals surface area contributed by atoms with Crippen molar-refractivity contribution in [1.29, 1.82) is 0 Å². The third kappa shape index (κ3) is 4.65. The van der Waals surface area contributed by atoms with Crippen molar-refractivity contribution in [1.82, 2.24) is 9.21 Å². The molecule has 170 valence electrons. The van der Waals surface area contributed by atoms with Crippen molar-refractivity contribution in [3.8, 4) is 0 Å². The second-order valence-corrected chi connectivity index (χ2v) is 11.0. The van der Waals surface area contributed by atoms with Crippen LogP contribution in [0.25, 0.3) is 0 Å². The highest BCUT2D eigenvalue weighted by Gasteiger charge is 2.36. The number of anilines is 1. The minimum absolute atomic E-state index is 0.0784. The highest BCUT2D eigenvalue weighted by Crippen LogP contribution is 2.29. The Morgan fingerprint density at radius 3 is 2.32 bits per heavy atom. The summed E-state index contributed by atoms with van der Waals surface area (Å²) in [6, 6.07) is 6.86. The highest BCUT2D eigenvalue weighted by molar-refractivity contribution is 7.89. The Hall–Kier alpha value is -1.93. The molecule has 1 aromatic rings. The van der Waals surface area contributed by atoms with Gasteiger partial charge in [-0.15, -0.1) is 0 Å². The Labute approximate surface area is 185 Å². The van der Waals surface area contributed by atoms with Crippen LogP contribution in [0.15, 0.2) is 29.2 Å². The number of carbonyl (C=O) groups excluding carboxylic acids is 2. The molecule has 1 aromatic carbocycles. The van der Waals surface area contributed by atoms with Crippen molar-refractivity contribution in [2.75, 3.05) is 31.6 Å². The zero-order valence-electron chi connectivity index (χ0n) is 18.3. The van der Waals surface area contributed by atoms with Crippen molar-refractivity contribution in [2.45, 2.75) is 68.7 Å². The van der Waals surface area contributed by atoms with Crippen molar-refractivity contribution in [2.24, 2.45) is 5.92 Å². The van der Waals surface area contributed by atoms with E-state index >= 15 is 0 Å². The zero-order valence-corrected chi connectivity index (χ0v) is 19.1. The van der Waals surface area contributed by atoms with Crippen LogP contribution in [0.4, 0.5) is 5.69 Å². The zero-order chi connectivity index (χ0) is 22.0. The standard InChI is InChI=1S/C23H33N3O4S/c1-24(19-8-3-2-4-9-19)23(28)18-7-5-15-25(17-18)31(29,30)21-13-11-20(12-14-21)26-16-6-10-22(26)27/h11-14,18-19H,2-10,15-17H2,1H3/t18-/m1/s1. The van der Waals surface area contributed by atoms with Gasteiger partial charge in [-0.2, -0.15) is 4.31 Å². The van der Waals surface area contributed by atoms with E-state index in [2.05, 4.69) is 0 Å². The molecule has 0 bridgehead atoms. The number of rotatable bonds is 5. The summed E-state index contributed by atoms with van der Waals surface area (Å²) < 4.78 is 28.0. The molecule has 0 unspecified atom stereocenters. The Morgan fingerprint density at radius 2 is 1.68 bits per heavy atom. The molecule has 1 aliphatic carbocycles. The fourth-order valence-corrected chi connectivity index (χ4v) is 6.69. The molecule has 7 nitrogen and oxygen atoms in total. The van der Waals surface area contributed by atoms with Gasteiger partial charge in [-0.25, -0.2) is 8.42 Å². The van der Waals surface area contributed by atoms with E-state index in [1.165, 1.54) is 10.7 Å². The lowest BCUT2D eigenvalue weighted by Crippen LogP contribution is -2.48. The topological polar surface area (TPSA) is 78.0 Å². The minimum Gasteiger partial charge on any atom is -0.342 e. The first kappa shape index (κ1) is 22.3. The van der Waals surface area contributed by atoms with Crippen LogP contribution in [-0.2, 0) is 19.6 Å². The number of amides is 2. The van der Waals surface area contributed by atoms with E-state index in [9.17, 15) is 18.0 Å². The molecule has 3 fully saturated rings. The molecule has 2 heterocycles. The quantitative estimate of drug-likeness (QED) is 0.695. The second kappa shape index (κ2) is 9.28. The third-order valence-electron chi connectivity index (χ3n) is 7.06. The van der Waals surface area contributed by atoms with Crippen LogP contribution in [0.1, 0.15) is 57.8 Å². The summed E-state index contributed by atoms with van der Waals surface area (Å²) in [5.41, 5.74) is 0.738. The summed E-state index contributed by atoms with van der Waals surface area (Å²) >= 11 is 0. The van der Waals surface area contributed by atoms with Crippen LogP contribution >= 0.6 is 0 Å². The van der Waals surface area contributed by atoms with Crippen LogP contribution in [0, 0.1) is 5.92 Å². The van der Waals surface area contributed by atoms with Crippen molar-refractivity contribution < 1.29 is 18.0 Å². The third-order valence-corrected chi connectivity index (χ3v) is 8.94. The van der Waals surface area contributed by atoms with Crippen molar-refractivity contribution in [3.63, 3.8) is 0 Å². The SMILES string of the molecule is CN(C(=O)[C@@H]1CCCN(S(=O)(=O)c2ccc(N3CCCC3=O)cc2)C1)C1CCCCC1. The monoisotopic (exact) mass is 447 g/mol. The molecule has 4 rings (SSSR count). The fraction of sp³-hybridized carbons (Fsp3) is 0.652. The number of hydrogen-bond acceptors (Lipinski definition) is 4. The molecule has 1 atom stereocenters. The van der Waals surface area contributed by atoms with Gasteiger partial charge >= 0.3 is 0 Å². The second-order valence-electron chi connectivity index (χ2n) is 9.09. The molecule has 0 aromatic heterocycles. The molecule has 3 aliphatic rings. The summed E-state index contributed by atoms with van der Waals surface area (Å²) in [6.45, 7) is 1.35. The van der Waals surface area contributed by atoms with Gasteiger partial charge < -0.3 is 9.80 Å². The first-order chi connectivity index (χ1) is 14.9. The predicted octanol–water partition coefficient (Wildman–Crippen LogP) is 3.01. The van der Waals surface area contributed by atoms with Crippen LogP contribution in [0.5, 0.6) is 0 Å². The summed E-state index contributed by atoms with van der Waals surface area (Å²) in [5, 5.41) is 0. The van der Waals surface area contributed by atoms with Gasteiger partial charge in [-0.05, 0) is 56.4 Å². The number of piperidine rings is 1. The summed E-state index contributed by atoms with van der Waals surface area (Å²) in [4.78, 5) is 28.8. The molecule has 2 saturated heterocycles. The predicted molar refractivity (Wildman–Crippen MR) is 119 cm³/mol. The van der Waals surface area contributed by atoms with Gasteiger partial charge in [-0.1, -0.05) is 19.3 Å². The Kier molecular flexibility index (Phi) is 6.67. The van der Waals surface area contributed by atoms with Crippen molar-refractivity contribution in [3.05, 3.63) is 24.3 Å². The molecule has 2 aliphatic heterocycles. The fourth-order valence-electron chi connectivity index (χ4n) is 5.17. The molecule has 0 N–H and O–H groups in total. The van der Waals surface area contributed by atoms with Gasteiger partial charge in [0.1, 0.15) is 0 Å². The highest BCUT2D eigenvalue weighted by atomic mass is 32.2. The lowest BCUT2D eigenvalue weighted by Gasteiger charge is -2.37. The summed E-state index contributed by atoms with van der Waals surface area (Å²) in [7, 11) is -1.79. The van der Waals surface area contributed by atoms with Crippen LogP contribution in [0.2, 0.25) is 0 Å². The smallest absolute Gasteiger partial charge is 0.243 e. The van der Waals surface area contributed by atoms with Gasteiger partial charge in [-0.3, -0.25) is 9.59 Å². The maximum atomic E-state index is 13.2. The Morgan fingerprint density at radius 1 is 0.968 bits per heavy atom. The van der Waals surface area contributed by atoms with Crippen molar-refractivity contribution >= 4 is 27.5 Å². The minimum atomic E-state index is -3.67.